The first-order valence-electron chi connectivity index (χ1n) is 20.9. The highest BCUT2D eigenvalue weighted by molar-refractivity contribution is 6.17. The van der Waals surface area contributed by atoms with Gasteiger partial charge < -0.3 is 14.0 Å². The summed E-state index contributed by atoms with van der Waals surface area (Å²) in [6.45, 7) is 0. The van der Waals surface area contributed by atoms with Gasteiger partial charge in [-0.3, -0.25) is 0 Å². The van der Waals surface area contributed by atoms with Gasteiger partial charge in [0.1, 0.15) is 0 Å². The SMILES string of the molecule is c1ccc(-c2cccc(N(c3cccc(-c4ccc5c6ccccc6n(-c6ccc7ccccc7c6)c5c4)c3)c3cccc4c3c3ccccc3n4-c3ccccc3)c2)cc1. The second-order valence-corrected chi connectivity index (χ2v) is 15.8. The molecule has 10 aromatic carbocycles. The summed E-state index contributed by atoms with van der Waals surface area (Å²) in [4.78, 5) is 2.45. The maximum absolute atomic E-state index is 2.45. The zero-order valence-electron chi connectivity index (χ0n) is 33.4. The van der Waals surface area contributed by atoms with E-state index in [9.17, 15) is 0 Å². The zero-order valence-corrected chi connectivity index (χ0v) is 33.4. The van der Waals surface area contributed by atoms with Crippen molar-refractivity contribution >= 4 is 71.4 Å². The Morgan fingerprint density at radius 2 is 0.820 bits per heavy atom. The number of nitrogens with zero attached hydrogens (tertiary/aromatic N) is 3. The van der Waals surface area contributed by atoms with Crippen molar-refractivity contribution in [2.75, 3.05) is 4.90 Å². The summed E-state index contributed by atoms with van der Waals surface area (Å²) in [5.41, 5.74) is 15.0. The van der Waals surface area contributed by atoms with Crippen LogP contribution in [-0.2, 0) is 0 Å². The van der Waals surface area contributed by atoms with Gasteiger partial charge in [-0.2, -0.15) is 0 Å². The van der Waals surface area contributed by atoms with Gasteiger partial charge in [-0.05, 0) is 112 Å². The third-order valence-electron chi connectivity index (χ3n) is 12.2. The molecule has 12 aromatic rings. The molecule has 0 aliphatic rings. The first-order chi connectivity index (χ1) is 30.3. The third-order valence-corrected chi connectivity index (χ3v) is 12.2. The van der Waals surface area contributed by atoms with Gasteiger partial charge in [0.15, 0.2) is 0 Å². The van der Waals surface area contributed by atoms with Gasteiger partial charge in [-0.25, -0.2) is 0 Å². The Morgan fingerprint density at radius 3 is 1.59 bits per heavy atom. The van der Waals surface area contributed by atoms with E-state index in [2.05, 4.69) is 251 Å². The van der Waals surface area contributed by atoms with Crippen LogP contribution >= 0.6 is 0 Å². The zero-order chi connectivity index (χ0) is 40.3. The molecule has 0 radical (unpaired) electrons. The van der Waals surface area contributed by atoms with E-state index in [0.29, 0.717) is 0 Å². The van der Waals surface area contributed by atoms with E-state index in [-0.39, 0.29) is 0 Å². The Hall–Kier alpha value is -8.14. The number of anilines is 3. The van der Waals surface area contributed by atoms with Crippen LogP contribution in [0, 0.1) is 0 Å². The van der Waals surface area contributed by atoms with E-state index >= 15 is 0 Å². The smallest absolute Gasteiger partial charge is 0.0562 e. The fourth-order valence-corrected chi connectivity index (χ4v) is 9.49. The summed E-state index contributed by atoms with van der Waals surface area (Å²) in [6.07, 6.45) is 0. The lowest BCUT2D eigenvalue weighted by molar-refractivity contribution is 1.18. The number of fused-ring (bicyclic) bond motifs is 7. The number of hydrogen-bond donors (Lipinski definition) is 0. The Bertz CT molecular complexity index is 3600. The van der Waals surface area contributed by atoms with E-state index in [0.717, 1.165) is 45.1 Å². The Balaban J connectivity index is 1.07. The van der Waals surface area contributed by atoms with E-state index < -0.39 is 0 Å². The van der Waals surface area contributed by atoms with Crippen molar-refractivity contribution < 1.29 is 0 Å². The molecular weight excluding hydrogens is 739 g/mol. The van der Waals surface area contributed by atoms with Crippen LogP contribution < -0.4 is 4.90 Å². The lowest BCUT2D eigenvalue weighted by Gasteiger charge is -2.27. The minimum absolute atomic E-state index is 1.09. The highest BCUT2D eigenvalue weighted by atomic mass is 15.1. The number of benzene rings is 10. The molecule has 0 amide bonds. The van der Waals surface area contributed by atoms with Crippen molar-refractivity contribution in [2.45, 2.75) is 0 Å². The van der Waals surface area contributed by atoms with Crippen LogP contribution in [0.15, 0.2) is 237 Å². The highest BCUT2D eigenvalue weighted by Gasteiger charge is 2.22. The number of aromatic nitrogens is 2. The van der Waals surface area contributed by atoms with Gasteiger partial charge in [-0.15, -0.1) is 0 Å². The minimum Gasteiger partial charge on any atom is -0.310 e. The van der Waals surface area contributed by atoms with Crippen molar-refractivity contribution in [3.8, 4) is 33.6 Å². The van der Waals surface area contributed by atoms with Crippen LogP contribution in [0.4, 0.5) is 17.1 Å². The lowest BCUT2D eigenvalue weighted by atomic mass is 10.0. The molecule has 3 nitrogen and oxygen atoms in total. The first kappa shape index (κ1) is 34.9. The van der Waals surface area contributed by atoms with E-state index in [1.807, 2.05) is 0 Å². The van der Waals surface area contributed by atoms with Gasteiger partial charge in [0, 0.05) is 44.3 Å². The molecule has 0 saturated heterocycles. The van der Waals surface area contributed by atoms with Crippen molar-refractivity contribution in [3.63, 3.8) is 0 Å². The molecule has 3 heteroatoms. The molecule has 0 spiro atoms. The molecule has 0 aliphatic heterocycles. The molecule has 0 aliphatic carbocycles. The second kappa shape index (κ2) is 14.3. The standard InChI is InChI=1S/C58H39N3/c1-3-16-40(17-4-1)43-20-13-24-47(36-43)59(55-30-15-31-56-58(55)52-27-10-12-29-54(52)60(56)46-22-5-2-6-23-46)48-25-14-21-44(38-48)45-33-35-51-50-26-9-11-28-53(50)61(57(51)39-45)49-34-32-41-18-7-8-19-42(41)37-49/h1-39H. The van der Waals surface area contributed by atoms with Crippen LogP contribution in [0.3, 0.4) is 0 Å². The predicted octanol–water partition coefficient (Wildman–Crippen LogP) is 15.8. The van der Waals surface area contributed by atoms with Crippen LogP contribution in [0.1, 0.15) is 0 Å². The van der Waals surface area contributed by atoms with Crippen molar-refractivity contribution in [1.29, 1.82) is 0 Å². The molecule has 12 rings (SSSR count). The average Bonchev–Trinajstić information content (AvgIpc) is 3.85. The predicted molar refractivity (Wildman–Crippen MR) is 258 cm³/mol. The molecule has 2 aromatic heterocycles. The normalized spacial score (nSPS) is 11.6. The first-order valence-corrected chi connectivity index (χ1v) is 20.9. The van der Waals surface area contributed by atoms with E-state index in [1.165, 1.54) is 60.0 Å². The van der Waals surface area contributed by atoms with Crippen molar-refractivity contribution in [1.82, 2.24) is 9.13 Å². The van der Waals surface area contributed by atoms with Gasteiger partial charge in [-0.1, -0.05) is 158 Å². The van der Waals surface area contributed by atoms with Gasteiger partial charge in [0.05, 0.1) is 27.8 Å². The minimum atomic E-state index is 1.09. The van der Waals surface area contributed by atoms with E-state index in [4.69, 9.17) is 0 Å². The fraction of sp³-hybridized carbons (Fsp3) is 0. The lowest BCUT2D eigenvalue weighted by Crippen LogP contribution is -2.10. The summed E-state index contributed by atoms with van der Waals surface area (Å²) >= 11 is 0. The second-order valence-electron chi connectivity index (χ2n) is 15.8. The highest BCUT2D eigenvalue weighted by Crippen LogP contribution is 2.45. The molecule has 0 atom stereocenters. The molecule has 0 saturated carbocycles. The quantitative estimate of drug-likeness (QED) is 0.157. The molecule has 286 valence electrons. The Morgan fingerprint density at radius 1 is 0.279 bits per heavy atom. The van der Waals surface area contributed by atoms with Crippen LogP contribution in [0.25, 0.3) is 88.0 Å². The van der Waals surface area contributed by atoms with Crippen molar-refractivity contribution in [2.24, 2.45) is 0 Å². The molecule has 0 N–H and O–H groups in total. The monoisotopic (exact) mass is 777 g/mol. The fourth-order valence-electron chi connectivity index (χ4n) is 9.49. The topological polar surface area (TPSA) is 13.1 Å². The van der Waals surface area contributed by atoms with Crippen LogP contribution in [0.2, 0.25) is 0 Å². The molecular formula is C58H39N3. The third kappa shape index (κ3) is 5.82. The van der Waals surface area contributed by atoms with E-state index in [1.54, 1.807) is 0 Å². The molecule has 0 unspecified atom stereocenters. The Kier molecular flexibility index (Phi) is 8.17. The summed E-state index contributed by atoms with van der Waals surface area (Å²) < 4.78 is 4.82. The van der Waals surface area contributed by atoms with Gasteiger partial charge in [0.2, 0.25) is 0 Å². The van der Waals surface area contributed by atoms with Crippen LogP contribution in [-0.4, -0.2) is 9.13 Å². The van der Waals surface area contributed by atoms with Gasteiger partial charge in [0.25, 0.3) is 0 Å². The number of hydrogen-bond acceptors (Lipinski definition) is 1. The molecule has 2 heterocycles. The van der Waals surface area contributed by atoms with Gasteiger partial charge >= 0.3 is 0 Å². The number of rotatable bonds is 7. The summed E-state index contributed by atoms with van der Waals surface area (Å²) in [7, 11) is 0. The summed E-state index contributed by atoms with van der Waals surface area (Å²) in [5.74, 6) is 0. The maximum Gasteiger partial charge on any atom is 0.0562 e. The maximum atomic E-state index is 2.45. The van der Waals surface area contributed by atoms with Crippen molar-refractivity contribution in [3.05, 3.63) is 237 Å². The Labute approximate surface area is 354 Å². The average molecular weight is 778 g/mol. The molecule has 0 fully saturated rings. The molecule has 0 bridgehead atoms. The number of para-hydroxylation sites is 3. The molecule has 61 heavy (non-hydrogen) atoms. The largest absolute Gasteiger partial charge is 0.310 e. The summed E-state index contributed by atoms with van der Waals surface area (Å²) in [6, 6.07) is 86.0. The van der Waals surface area contributed by atoms with Crippen LogP contribution in [0.5, 0.6) is 0 Å². The summed E-state index contributed by atoms with van der Waals surface area (Å²) in [5, 5.41) is 7.38.